The van der Waals surface area contributed by atoms with Gasteiger partial charge in [0.2, 0.25) is 0 Å². The molecule has 10 heteroatoms. The van der Waals surface area contributed by atoms with Crippen molar-refractivity contribution < 1.29 is 14.4 Å². The molecule has 31 heavy (non-hydrogen) atoms. The molecule has 164 valence electrons. The summed E-state index contributed by atoms with van der Waals surface area (Å²) in [4.78, 5) is 51.8. The summed E-state index contributed by atoms with van der Waals surface area (Å²) in [5, 5.41) is 2.84. The van der Waals surface area contributed by atoms with E-state index in [1.807, 2.05) is 18.2 Å². The van der Waals surface area contributed by atoms with Crippen LogP contribution in [-0.2, 0) is 6.42 Å². The monoisotopic (exact) mass is 425 g/mol. The van der Waals surface area contributed by atoms with Gasteiger partial charge in [-0.1, -0.05) is 6.07 Å². The molecule has 0 aromatic carbocycles. The van der Waals surface area contributed by atoms with E-state index >= 15 is 0 Å². The minimum absolute atomic E-state index is 0.0591. The number of carbonyl (C=O) groups excluding carboxylic acids is 3. The van der Waals surface area contributed by atoms with E-state index in [-0.39, 0.29) is 41.2 Å². The number of carbonyl (C=O) groups is 3. The Hall–Kier alpha value is -3.43. The number of rotatable bonds is 4. The number of aromatic nitrogens is 3. The first-order valence-corrected chi connectivity index (χ1v) is 10.3. The van der Waals surface area contributed by atoms with Crippen molar-refractivity contribution in [3.8, 4) is 0 Å². The highest BCUT2D eigenvalue weighted by Gasteiger charge is 2.43. The van der Waals surface area contributed by atoms with E-state index in [2.05, 4.69) is 15.3 Å². The summed E-state index contributed by atoms with van der Waals surface area (Å²) in [5.41, 5.74) is 1.28. The van der Waals surface area contributed by atoms with Crippen LogP contribution in [0.3, 0.4) is 0 Å². The first-order valence-electron chi connectivity index (χ1n) is 10.3. The number of fused-ring (bicyclic) bond motifs is 3. The first kappa shape index (κ1) is 20.8. The Bertz CT molecular complexity index is 988. The minimum atomic E-state index is -0.385. The van der Waals surface area contributed by atoms with Gasteiger partial charge in [0.25, 0.3) is 11.8 Å². The van der Waals surface area contributed by atoms with Crippen LogP contribution in [0, 0.1) is 5.92 Å². The molecule has 1 N–H and O–H groups in total. The van der Waals surface area contributed by atoms with Crippen LogP contribution in [0.25, 0.3) is 0 Å². The van der Waals surface area contributed by atoms with Gasteiger partial charge in [-0.25, -0.2) is 9.78 Å². The summed E-state index contributed by atoms with van der Waals surface area (Å²) in [6.45, 7) is 1.95. The molecule has 0 saturated carbocycles. The largest absolute Gasteiger partial charge is 0.350 e. The summed E-state index contributed by atoms with van der Waals surface area (Å²) in [6, 6.07) is 5.48. The highest BCUT2D eigenvalue weighted by molar-refractivity contribution is 6.05. The molecule has 4 rings (SSSR count). The van der Waals surface area contributed by atoms with Gasteiger partial charge in [-0.2, -0.15) is 0 Å². The van der Waals surface area contributed by atoms with Crippen molar-refractivity contribution in [1.29, 1.82) is 0 Å². The predicted molar refractivity (Wildman–Crippen MR) is 113 cm³/mol. The van der Waals surface area contributed by atoms with Crippen molar-refractivity contribution >= 4 is 17.8 Å². The first-order chi connectivity index (χ1) is 14.9. The second-order valence-electron chi connectivity index (χ2n) is 8.27. The Labute approximate surface area is 180 Å². The number of imidazole rings is 1. The smallest absolute Gasteiger partial charge is 0.319 e. The fourth-order valence-electron chi connectivity index (χ4n) is 4.33. The Kier molecular flexibility index (Phi) is 5.62. The normalized spacial score (nSPS) is 20.2. The third-order valence-electron chi connectivity index (χ3n) is 5.88. The summed E-state index contributed by atoms with van der Waals surface area (Å²) in [5.74, 6) is -0.537. The molecule has 2 aliphatic heterocycles. The van der Waals surface area contributed by atoms with Crippen LogP contribution in [0.15, 0.2) is 30.7 Å². The van der Waals surface area contributed by atoms with Crippen molar-refractivity contribution in [1.82, 2.24) is 34.6 Å². The number of hydrogen-bond acceptors (Lipinski definition) is 5. The molecule has 2 aromatic heterocycles. The second kappa shape index (κ2) is 8.37. The average Bonchev–Trinajstić information content (AvgIpc) is 3.35. The van der Waals surface area contributed by atoms with Crippen LogP contribution in [0.1, 0.15) is 32.7 Å². The van der Waals surface area contributed by atoms with Gasteiger partial charge >= 0.3 is 6.03 Å². The Morgan fingerprint density at radius 2 is 2.00 bits per heavy atom. The maximum absolute atomic E-state index is 13.1. The summed E-state index contributed by atoms with van der Waals surface area (Å²) in [7, 11) is 5.17. The van der Waals surface area contributed by atoms with Gasteiger partial charge in [0, 0.05) is 71.6 Å². The van der Waals surface area contributed by atoms with Crippen molar-refractivity contribution in [2.24, 2.45) is 5.92 Å². The van der Waals surface area contributed by atoms with E-state index in [0.717, 1.165) is 5.69 Å². The van der Waals surface area contributed by atoms with Gasteiger partial charge in [-0.15, -0.1) is 0 Å². The molecular formula is C21H27N7O3. The quantitative estimate of drug-likeness (QED) is 0.768. The highest BCUT2D eigenvalue weighted by Crippen LogP contribution is 2.34. The van der Waals surface area contributed by atoms with Crippen molar-refractivity contribution in [3.05, 3.63) is 47.8 Å². The molecule has 1 saturated heterocycles. The van der Waals surface area contributed by atoms with Crippen molar-refractivity contribution in [2.75, 3.05) is 47.3 Å². The zero-order chi connectivity index (χ0) is 22.1. The number of urea groups is 1. The average molecular weight is 425 g/mol. The zero-order valence-electron chi connectivity index (χ0n) is 18.0. The van der Waals surface area contributed by atoms with E-state index < -0.39 is 0 Å². The fraction of sp³-hybridized carbons (Fsp3) is 0.476. The van der Waals surface area contributed by atoms with Gasteiger partial charge in [0.15, 0.2) is 5.69 Å². The molecule has 0 radical (unpaired) electrons. The number of amides is 4. The lowest BCUT2D eigenvalue weighted by Crippen LogP contribution is -2.39. The van der Waals surface area contributed by atoms with E-state index in [1.165, 1.54) is 0 Å². The van der Waals surface area contributed by atoms with Gasteiger partial charge in [0.05, 0.1) is 12.4 Å². The molecule has 4 amide bonds. The summed E-state index contributed by atoms with van der Waals surface area (Å²) in [6.07, 6.45) is 3.85. The standard InChI is InChI=1S/C21H27N7O3/c1-25(2)21(31)27-11-14-10-26(3)20(30)18-17(24-13-28(18)16(14)12-27)19(29)23-9-7-15-6-4-5-8-22-15/h4-6,8,13-14,16H,7,9-12H2,1-3H3,(H,23,29)/t14-,16-/m1/s1. The third-order valence-corrected chi connectivity index (χ3v) is 5.88. The lowest BCUT2D eigenvalue weighted by Gasteiger charge is -2.22. The molecule has 1 fully saturated rings. The van der Waals surface area contributed by atoms with Crippen LogP contribution >= 0.6 is 0 Å². The van der Waals surface area contributed by atoms with Crippen LogP contribution in [0.2, 0.25) is 0 Å². The van der Waals surface area contributed by atoms with Gasteiger partial charge in [-0.05, 0) is 12.1 Å². The molecular weight excluding hydrogens is 398 g/mol. The number of likely N-dealkylation sites (tertiary alicyclic amines) is 1. The molecule has 2 aliphatic rings. The van der Waals surface area contributed by atoms with Crippen LogP contribution in [0.4, 0.5) is 4.79 Å². The Morgan fingerprint density at radius 1 is 1.19 bits per heavy atom. The van der Waals surface area contributed by atoms with Gasteiger partial charge in [0.1, 0.15) is 5.69 Å². The fourth-order valence-corrected chi connectivity index (χ4v) is 4.33. The number of nitrogens with zero attached hydrogens (tertiary/aromatic N) is 6. The van der Waals surface area contributed by atoms with Crippen LogP contribution in [0.5, 0.6) is 0 Å². The maximum atomic E-state index is 13.1. The number of pyridine rings is 1. The van der Waals surface area contributed by atoms with E-state index in [1.54, 1.807) is 52.9 Å². The van der Waals surface area contributed by atoms with Crippen LogP contribution < -0.4 is 5.32 Å². The summed E-state index contributed by atoms with van der Waals surface area (Å²) < 4.78 is 1.78. The molecule has 4 heterocycles. The molecule has 2 atom stereocenters. The molecule has 10 nitrogen and oxygen atoms in total. The van der Waals surface area contributed by atoms with E-state index in [9.17, 15) is 14.4 Å². The zero-order valence-corrected chi connectivity index (χ0v) is 18.0. The molecule has 0 spiro atoms. The molecule has 0 bridgehead atoms. The predicted octanol–water partition coefficient (Wildman–Crippen LogP) is 0.491. The lowest BCUT2D eigenvalue weighted by molar-refractivity contribution is 0.0772. The second-order valence-corrected chi connectivity index (χ2v) is 8.27. The highest BCUT2D eigenvalue weighted by atomic mass is 16.2. The Balaban J connectivity index is 1.54. The van der Waals surface area contributed by atoms with Crippen molar-refractivity contribution in [3.63, 3.8) is 0 Å². The van der Waals surface area contributed by atoms with Crippen LogP contribution in [-0.4, -0.2) is 94.4 Å². The molecule has 0 aliphatic carbocycles. The third kappa shape index (κ3) is 3.97. The molecule has 0 unspecified atom stereocenters. The molecule has 2 aromatic rings. The number of nitrogens with one attached hydrogen (secondary N) is 1. The topological polar surface area (TPSA) is 104 Å². The number of hydrogen-bond donors (Lipinski definition) is 1. The summed E-state index contributed by atoms with van der Waals surface area (Å²) >= 11 is 0. The van der Waals surface area contributed by atoms with Crippen molar-refractivity contribution in [2.45, 2.75) is 12.5 Å². The van der Waals surface area contributed by atoms with E-state index in [0.29, 0.717) is 32.6 Å². The Morgan fingerprint density at radius 3 is 2.71 bits per heavy atom. The minimum Gasteiger partial charge on any atom is -0.350 e. The van der Waals surface area contributed by atoms with Gasteiger partial charge in [-0.3, -0.25) is 14.6 Å². The van der Waals surface area contributed by atoms with E-state index in [4.69, 9.17) is 0 Å². The maximum Gasteiger partial charge on any atom is 0.319 e. The van der Waals surface area contributed by atoms with Gasteiger partial charge < -0.3 is 24.6 Å². The lowest BCUT2D eigenvalue weighted by atomic mass is 10.0. The SMILES string of the molecule is CN(C)C(=O)N1C[C@H]2CN(C)C(=O)c3c(C(=O)NCCc4ccccn4)ncn3[C@@H]2C1.